The molecule has 0 radical (unpaired) electrons. The van der Waals surface area contributed by atoms with Crippen molar-refractivity contribution in [1.29, 1.82) is 0 Å². The first-order valence-corrected chi connectivity index (χ1v) is 10.4. The molecule has 1 aliphatic heterocycles. The van der Waals surface area contributed by atoms with Crippen LogP contribution in [0.3, 0.4) is 0 Å². The van der Waals surface area contributed by atoms with Gasteiger partial charge in [0, 0.05) is 31.9 Å². The summed E-state index contributed by atoms with van der Waals surface area (Å²) in [6.45, 7) is 8.79. The van der Waals surface area contributed by atoms with Crippen LogP contribution < -0.4 is 10.2 Å². The molecule has 154 valence electrons. The van der Waals surface area contributed by atoms with Crippen LogP contribution in [0.25, 0.3) is 0 Å². The number of piperazine rings is 1. The van der Waals surface area contributed by atoms with Crippen LogP contribution in [-0.4, -0.2) is 48.9 Å². The molecule has 2 aromatic carbocycles. The third-order valence-electron chi connectivity index (χ3n) is 5.30. The van der Waals surface area contributed by atoms with E-state index in [1.54, 1.807) is 24.3 Å². The quantitative estimate of drug-likeness (QED) is 0.812. The molecule has 0 saturated carbocycles. The van der Waals surface area contributed by atoms with Crippen LogP contribution in [0.15, 0.2) is 48.5 Å². The van der Waals surface area contributed by atoms with Gasteiger partial charge in [-0.2, -0.15) is 0 Å². The van der Waals surface area contributed by atoms with Gasteiger partial charge in [0.2, 0.25) is 5.91 Å². The maximum absolute atomic E-state index is 13.1. The summed E-state index contributed by atoms with van der Waals surface area (Å²) in [6, 6.07) is 14.7. The average Bonchev–Trinajstić information content (AvgIpc) is 2.71. The zero-order chi connectivity index (χ0) is 21.0. The van der Waals surface area contributed by atoms with Crippen molar-refractivity contribution in [2.45, 2.75) is 26.8 Å². The zero-order valence-electron chi connectivity index (χ0n) is 17.2. The monoisotopic (exact) mass is 413 g/mol. The molecule has 2 aromatic rings. The molecule has 1 aliphatic rings. The largest absolute Gasteiger partial charge is 0.368 e. The fraction of sp³-hybridized carbons (Fsp3) is 0.391. The molecule has 6 heteroatoms. The number of nitrogens with one attached hydrogen (secondary N) is 1. The summed E-state index contributed by atoms with van der Waals surface area (Å²) in [4.78, 5) is 30.0. The molecule has 0 spiro atoms. The lowest BCUT2D eigenvalue weighted by Gasteiger charge is -2.38. The third kappa shape index (κ3) is 5.10. The topological polar surface area (TPSA) is 52.6 Å². The minimum Gasteiger partial charge on any atom is -0.368 e. The first-order valence-electron chi connectivity index (χ1n) is 10.0. The Kier molecular flexibility index (Phi) is 6.80. The second-order valence-corrected chi connectivity index (χ2v) is 8.23. The summed E-state index contributed by atoms with van der Waals surface area (Å²) in [5.41, 5.74) is 2.80. The molecule has 1 N–H and O–H groups in total. The van der Waals surface area contributed by atoms with Gasteiger partial charge in [-0.3, -0.25) is 9.59 Å². The van der Waals surface area contributed by atoms with Crippen molar-refractivity contribution in [2.24, 2.45) is 5.92 Å². The highest BCUT2D eigenvalue weighted by Crippen LogP contribution is 2.19. The van der Waals surface area contributed by atoms with Gasteiger partial charge in [0.1, 0.15) is 6.04 Å². The number of aryl methyl sites for hydroxylation is 1. The fourth-order valence-corrected chi connectivity index (χ4v) is 3.81. The van der Waals surface area contributed by atoms with E-state index in [2.05, 4.69) is 41.4 Å². The van der Waals surface area contributed by atoms with E-state index in [-0.39, 0.29) is 17.7 Å². The van der Waals surface area contributed by atoms with Crippen molar-refractivity contribution in [3.05, 3.63) is 64.7 Å². The van der Waals surface area contributed by atoms with E-state index in [0.29, 0.717) is 23.7 Å². The van der Waals surface area contributed by atoms with Crippen LogP contribution >= 0.6 is 11.6 Å². The maximum atomic E-state index is 13.1. The number of benzene rings is 2. The van der Waals surface area contributed by atoms with E-state index < -0.39 is 6.04 Å². The minimum atomic E-state index is -0.579. The standard InChI is InChI=1S/C23H28ClN3O2/c1-16(2)21(25-22(28)19-9-4-5-10-20(19)24)23(29)27-13-11-26(12-14-27)18-8-6-7-17(3)15-18/h4-10,15-16,21H,11-14H2,1-3H3,(H,25,28)/t21-/m0/s1. The maximum Gasteiger partial charge on any atom is 0.253 e. The van der Waals surface area contributed by atoms with Gasteiger partial charge in [-0.05, 0) is 42.7 Å². The Morgan fingerprint density at radius 3 is 2.31 bits per heavy atom. The average molecular weight is 414 g/mol. The van der Waals surface area contributed by atoms with E-state index in [9.17, 15) is 9.59 Å². The van der Waals surface area contributed by atoms with Gasteiger partial charge in [-0.1, -0.05) is 49.7 Å². The number of carbonyl (C=O) groups is 2. The van der Waals surface area contributed by atoms with Gasteiger partial charge in [0.25, 0.3) is 5.91 Å². The van der Waals surface area contributed by atoms with E-state index in [0.717, 1.165) is 13.1 Å². The lowest BCUT2D eigenvalue weighted by Crippen LogP contribution is -2.56. The molecule has 0 aliphatic carbocycles. The predicted octanol–water partition coefficient (Wildman–Crippen LogP) is 3.75. The smallest absolute Gasteiger partial charge is 0.253 e. The molecule has 5 nitrogen and oxygen atoms in total. The van der Waals surface area contributed by atoms with Crippen LogP contribution in [0.1, 0.15) is 29.8 Å². The Morgan fingerprint density at radius 2 is 1.69 bits per heavy atom. The molecule has 29 heavy (non-hydrogen) atoms. The summed E-state index contributed by atoms with van der Waals surface area (Å²) < 4.78 is 0. The van der Waals surface area contributed by atoms with Gasteiger partial charge in [-0.15, -0.1) is 0 Å². The molecule has 0 bridgehead atoms. The highest BCUT2D eigenvalue weighted by molar-refractivity contribution is 6.33. The number of hydrogen-bond acceptors (Lipinski definition) is 3. The van der Waals surface area contributed by atoms with Gasteiger partial charge in [0.15, 0.2) is 0 Å². The highest BCUT2D eigenvalue weighted by atomic mass is 35.5. The van der Waals surface area contributed by atoms with Crippen LogP contribution in [-0.2, 0) is 4.79 Å². The van der Waals surface area contributed by atoms with Crippen molar-refractivity contribution >= 4 is 29.1 Å². The van der Waals surface area contributed by atoms with Crippen molar-refractivity contribution in [3.8, 4) is 0 Å². The van der Waals surface area contributed by atoms with Crippen LogP contribution in [0.5, 0.6) is 0 Å². The van der Waals surface area contributed by atoms with Crippen molar-refractivity contribution in [1.82, 2.24) is 10.2 Å². The van der Waals surface area contributed by atoms with Crippen molar-refractivity contribution in [2.75, 3.05) is 31.1 Å². The van der Waals surface area contributed by atoms with Crippen LogP contribution in [0.4, 0.5) is 5.69 Å². The lowest BCUT2D eigenvalue weighted by atomic mass is 10.0. The summed E-state index contributed by atoms with van der Waals surface area (Å²) in [6.07, 6.45) is 0. The molecule has 0 aromatic heterocycles. The summed E-state index contributed by atoms with van der Waals surface area (Å²) >= 11 is 6.13. The molecule has 1 fully saturated rings. The summed E-state index contributed by atoms with van der Waals surface area (Å²) in [5, 5.41) is 3.27. The Labute approximate surface area is 177 Å². The summed E-state index contributed by atoms with van der Waals surface area (Å²) in [5.74, 6) is -0.380. The lowest BCUT2D eigenvalue weighted by molar-refractivity contribution is -0.134. The number of carbonyl (C=O) groups excluding carboxylic acids is 2. The normalized spacial score (nSPS) is 15.3. The van der Waals surface area contributed by atoms with Crippen molar-refractivity contribution in [3.63, 3.8) is 0 Å². The zero-order valence-corrected chi connectivity index (χ0v) is 17.9. The Bertz CT molecular complexity index is 876. The molecular formula is C23H28ClN3O2. The van der Waals surface area contributed by atoms with E-state index in [1.807, 2.05) is 18.7 Å². The molecule has 1 saturated heterocycles. The molecular weight excluding hydrogens is 386 g/mol. The predicted molar refractivity (Wildman–Crippen MR) is 118 cm³/mol. The third-order valence-corrected chi connectivity index (χ3v) is 5.63. The van der Waals surface area contributed by atoms with Gasteiger partial charge in [0.05, 0.1) is 10.6 Å². The Balaban J connectivity index is 1.64. The minimum absolute atomic E-state index is 0.0243. The number of amides is 2. The Morgan fingerprint density at radius 1 is 1.00 bits per heavy atom. The summed E-state index contributed by atoms with van der Waals surface area (Å²) in [7, 11) is 0. The van der Waals surface area contributed by atoms with Crippen molar-refractivity contribution < 1.29 is 9.59 Å². The van der Waals surface area contributed by atoms with Gasteiger partial charge < -0.3 is 15.1 Å². The van der Waals surface area contributed by atoms with E-state index in [1.165, 1.54) is 11.3 Å². The fourth-order valence-electron chi connectivity index (χ4n) is 3.58. The second-order valence-electron chi connectivity index (χ2n) is 7.83. The van der Waals surface area contributed by atoms with E-state index >= 15 is 0 Å². The van der Waals surface area contributed by atoms with Gasteiger partial charge >= 0.3 is 0 Å². The molecule has 2 amide bonds. The Hall–Kier alpha value is -2.53. The first kappa shape index (κ1) is 21.2. The van der Waals surface area contributed by atoms with E-state index in [4.69, 9.17) is 11.6 Å². The van der Waals surface area contributed by atoms with Crippen LogP contribution in [0.2, 0.25) is 5.02 Å². The number of nitrogens with zero attached hydrogens (tertiary/aromatic N) is 2. The molecule has 1 heterocycles. The number of halogens is 1. The molecule has 1 atom stereocenters. The second kappa shape index (κ2) is 9.31. The molecule has 0 unspecified atom stereocenters. The number of anilines is 1. The number of hydrogen-bond donors (Lipinski definition) is 1. The van der Waals surface area contributed by atoms with Crippen LogP contribution in [0, 0.1) is 12.8 Å². The molecule has 3 rings (SSSR count). The van der Waals surface area contributed by atoms with Gasteiger partial charge in [-0.25, -0.2) is 0 Å². The SMILES string of the molecule is Cc1cccc(N2CCN(C(=O)[C@@H](NC(=O)c3ccccc3Cl)C(C)C)CC2)c1. The highest BCUT2D eigenvalue weighted by Gasteiger charge is 2.31. The number of rotatable bonds is 5. The first-order chi connectivity index (χ1) is 13.9.